The number of nitrogens with zero attached hydrogens (tertiary/aromatic N) is 1. The van der Waals surface area contributed by atoms with Crippen molar-refractivity contribution in [3.05, 3.63) is 10.6 Å². The summed E-state index contributed by atoms with van der Waals surface area (Å²) in [5.74, 6) is 0. The number of halogens is 2. The van der Waals surface area contributed by atoms with Crippen molar-refractivity contribution in [1.29, 1.82) is 0 Å². The molecule has 1 heterocycles. The second kappa shape index (κ2) is 8.14. The van der Waals surface area contributed by atoms with Crippen LogP contribution in [0.5, 0.6) is 0 Å². The van der Waals surface area contributed by atoms with Gasteiger partial charge in [-0.05, 0) is 32.2 Å². The van der Waals surface area contributed by atoms with E-state index >= 15 is 0 Å². The molecule has 0 fully saturated rings. The number of unbranched alkanes of at least 4 members (excludes halogenated alkanes) is 1. The minimum atomic E-state index is 0. The number of hydrogen-bond donors (Lipinski definition) is 2. The van der Waals surface area contributed by atoms with E-state index in [-0.39, 0.29) is 24.8 Å². The van der Waals surface area contributed by atoms with Crippen LogP contribution in [0.2, 0.25) is 0 Å². The van der Waals surface area contributed by atoms with E-state index in [1.807, 2.05) is 0 Å². The molecule has 1 aromatic rings. The molecule has 3 N–H and O–H groups in total. The topological polar surface area (TPSA) is 50.9 Å². The van der Waals surface area contributed by atoms with Gasteiger partial charge >= 0.3 is 0 Å². The lowest BCUT2D eigenvalue weighted by molar-refractivity contribution is 0.454. The van der Waals surface area contributed by atoms with Crippen LogP contribution in [0.1, 0.15) is 36.8 Å². The molecule has 1 aliphatic carbocycles. The third-order valence-corrected chi connectivity index (χ3v) is 3.87. The molecule has 0 amide bonds. The van der Waals surface area contributed by atoms with Gasteiger partial charge in [0, 0.05) is 10.9 Å². The number of nitrogens with one attached hydrogen (secondary N) is 1. The zero-order valence-corrected chi connectivity index (χ0v) is 12.5. The van der Waals surface area contributed by atoms with Gasteiger partial charge in [0.15, 0.2) is 5.13 Å². The van der Waals surface area contributed by atoms with Gasteiger partial charge in [-0.1, -0.05) is 13.3 Å². The Bertz CT molecular complexity index is 331. The maximum absolute atomic E-state index is 5.71. The van der Waals surface area contributed by atoms with Gasteiger partial charge in [-0.25, -0.2) is 4.98 Å². The van der Waals surface area contributed by atoms with Crippen LogP contribution in [-0.2, 0) is 12.8 Å². The van der Waals surface area contributed by atoms with Crippen molar-refractivity contribution >= 4 is 41.3 Å². The van der Waals surface area contributed by atoms with E-state index in [2.05, 4.69) is 17.2 Å². The standard InChI is InChI=1S/C11H19N3S.2ClH/c1-2-3-6-13-8-4-5-9-10(7-8)15-11(12)14-9;;/h8,13H,2-7H2,1H3,(H2,12,14);2*1H. The number of aryl methyl sites for hydroxylation is 1. The van der Waals surface area contributed by atoms with E-state index in [0.29, 0.717) is 6.04 Å². The van der Waals surface area contributed by atoms with Crippen LogP contribution < -0.4 is 11.1 Å². The summed E-state index contributed by atoms with van der Waals surface area (Å²) < 4.78 is 0. The molecule has 0 bridgehead atoms. The average molecular weight is 298 g/mol. The lowest BCUT2D eigenvalue weighted by atomic mass is 9.97. The number of hydrogen-bond acceptors (Lipinski definition) is 4. The van der Waals surface area contributed by atoms with Crippen LogP contribution in [0.3, 0.4) is 0 Å². The van der Waals surface area contributed by atoms with Gasteiger partial charge in [0.05, 0.1) is 5.69 Å². The first kappa shape index (κ1) is 17.0. The molecule has 3 nitrogen and oxygen atoms in total. The zero-order valence-electron chi connectivity index (χ0n) is 10.1. The fraction of sp³-hybridized carbons (Fsp3) is 0.727. The first-order chi connectivity index (χ1) is 7.29. The number of rotatable bonds is 4. The number of aromatic nitrogens is 1. The molecular weight excluding hydrogens is 277 g/mol. The summed E-state index contributed by atoms with van der Waals surface area (Å²) in [7, 11) is 0. The summed E-state index contributed by atoms with van der Waals surface area (Å²) in [4.78, 5) is 5.75. The van der Waals surface area contributed by atoms with Crippen molar-refractivity contribution in [2.24, 2.45) is 0 Å². The molecule has 0 aliphatic heterocycles. The van der Waals surface area contributed by atoms with Gasteiger partial charge in [-0.3, -0.25) is 0 Å². The first-order valence-corrected chi connectivity index (χ1v) is 6.58. The molecule has 0 radical (unpaired) electrons. The largest absolute Gasteiger partial charge is 0.375 e. The molecule has 0 spiro atoms. The normalized spacial score (nSPS) is 17.8. The van der Waals surface area contributed by atoms with E-state index < -0.39 is 0 Å². The molecule has 17 heavy (non-hydrogen) atoms. The second-order valence-electron chi connectivity index (χ2n) is 4.17. The van der Waals surface area contributed by atoms with Crippen molar-refractivity contribution in [3.8, 4) is 0 Å². The number of anilines is 1. The third kappa shape index (κ3) is 4.62. The summed E-state index contributed by atoms with van der Waals surface area (Å²) >= 11 is 1.66. The minimum Gasteiger partial charge on any atom is -0.375 e. The summed E-state index contributed by atoms with van der Waals surface area (Å²) in [5, 5.41) is 4.34. The molecule has 1 aromatic heterocycles. The SMILES string of the molecule is CCCCNC1CCc2nc(N)sc2C1.Cl.Cl. The zero-order chi connectivity index (χ0) is 10.7. The Morgan fingerprint density at radius 2 is 2.24 bits per heavy atom. The number of fused-ring (bicyclic) bond motifs is 1. The molecule has 0 saturated heterocycles. The van der Waals surface area contributed by atoms with E-state index in [9.17, 15) is 0 Å². The van der Waals surface area contributed by atoms with Gasteiger partial charge < -0.3 is 11.1 Å². The lowest BCUT2D eigenvalue weighted by Crippen LogP contribution is -2.34. The molecular formula is C11H21Cl2N3S. The van der Waals surface area contributed by atoms with Crippen molar-refractivity contribution in [3.63, 3.8) is 0 Å². The highest BCUT2D eigenvalue weighted by molar-refractivity contribution is 7.15. The summed E-state index contributed by atoms with van der Waals surface area (Å²) in [6.07, 6.45) is 5.95. The molecule has 1 atom stereocenters. The van der Waals surface area contributed by atoms with Crippen molar-refractivity contribution in [2.45, 2.75) is 45.1 Å². The molecule has 1 unspecified atom stereocenters. The number of thiazole rings is 1. The van der Waals surface area contributed by atoms with Gasteiger partial charge in [-0.15, -0.1) is 36.2 Å². The molecule has 1 aliphatic rings. The molecule has 2 rings (SSSR count). The quantitative estimate of drug-likeness (QED) is 0.840. The van der Waals surface area contributed by atoms with Crippen molar-refractivity contribution in [2.75, 3.05) is 12.3 Å². The van der Waals surface area contributed by atoms with Crippen LogP contribution >= 0.6 is 36.2 Å². The summed E-state index contributed by atoms with van der Waals surface area (Å²) in [6.45, 7) is 3.37. The van der Waals surface area contributed by atoms with Crippen LogP contribution in [0.25, 0.3) is 0 Å². The average Bonchev–Trinajstić information content (AvgIpc) is 2.57. The number of nitrogens with two attached hydrogens (primary N) is 1. The fourth-order valence-electron chi connectivity index (χ4n) is 2.05. The summed E-state index contributed by atoms with van der Waals surface area (Å²) in [6, 6.07) is 0.642. The lowest BCUT2D eigenvalue weighted by Gasteiger charge is -2.22. The van der Waals surface area contributed by atoms with Gasteiger partial charge in [-0.2, -0.15) is 0 Å². The summed E-state index contributed by atoms with van der Waals surface area (Å²) in [5.41, 5.74) is 6.95. The van der Waals surface area contributed by atoms with Crippen molar-refractivity contribution in [1.82, 2.24) is 10.3 Å². The highest BCUT2D eigenvalue weighted by Crippen LogP contribution is 2.27. The Morgan fingerprint density at radius 1 is 1.47 bits per heavy atom. The monoisotopic (exact) mass is 297 g/mol. The Morgan fingerprint density at radius 3 is 2.94 bits per heavy atom. The van der Waals surface area contributed by atoms with Crippen LogP contribution in [-0.4, -0.2) is 17.6 Å². The number of nitrogen functional groups attached to an aromatic ring is 1. The van der Waals surface area contributed by atoms with E-state index in [1.54, 1.807) is 11.3 Å². The van der Waals surface area contributed by atoms with Crippen LogP contribution in [0.4, 0.5) is 5.13 Å². The van der Waals surface area contributed by atoms with E-state index in [4.69, 9.17) is 5.73 Å². The molecule has 6 heteroatoms. The predicted octanol–water partition coefficient (Wildman–Crippen LogP) is 2.82. The predicted molar refractivity (Wildman–Crippen MR) is 79.7 cm³/mol. The highest BCUT2D eigenvalue weighted by atomic mass is 35.5. The van der Waals surface area contributed by atoms with Gasteiger partial charge in [0.1, 0.15) is 0 Å². The molecule has 0 aromatic carbocycles. The smallest absolute Gasteiger partial charge is 0.180 e. The first-order valence-electron chi connectivity index (χ1n) is 5.77. The maximum atomic E-state index is 5.71. The van der Waals surface area contributed by atoms with Crippen molar-refractivity contribution < 1.29 is 0 Å². The third-order valence-electron chi connectivity index (χ3n) is 2.92. The second-order valence-corrected chi connectivity index (χ2v) is 5.28. The highest BCUT2D eigenvalue weighted by Gasteiger charge is 2.21. The molecule has 100 valence electrons. The van der Waals surface area contributed by atoms with Gasteiger partial charge in [0.25, 0.3) is 0 Å². The Kier molecular flexibility index (Phi) is 8.12. The Labute approximate surface area is 119 Å². The Balaban J connectivity index is 0.00000128. The maximum Gasteiger partial charge on any atom is 0.180 e. The molecule has 0 saturated carbocycles. The fourth-order valence-corrected chi connectivity index (χ4v) is 3.01. The van der Waals surface area contributed by atoms with E-state index in [0.717, 1.165) is 24.5 Å². The minimum absolute atomic E-state index is 0. The Hall–Kier alpha value is -0.0300. The van der Waals surface area contributed by atoms with Crippen LogP contribution in [0.15, 0.2) is 0 Å². The van der Waals surface area contributed by atoms with E-state index in [1.165, 1.54) is 29.8 Å². The van der Waals surface area contributed by atoms with Crippen LogP contribution in [0, 0.1) is 0 Å². The van der Waals surface area contributed by atoms with Gasteiger partial charge in [0.2, 0.25) is 0 Å².